The van der Waals surface area contributed by atoms with Crippen LogP contribution >= 0.6 is 23.2 Å². The molecule has 0 spiro atoms. The molecule has 1 atom stereocenters. The second-order valence-corrected chi connectivity index (χ2v) is 5.59. The lowest BCUT2D eigenvalue weighted by atomic mass is 10.2. The number of benzene rings is 1. The maximum atomic E-state index is 11.5. The summed E-state index contributed by atoms with van der Waals surface area (Å²) in [6.45, 7) is 0. The third-order valence-corrected chi connectivity index (χ3v) is 3.75. The minimum absolute atomic E-state index is 0.0994. The van der Waals surface area contributed by atoms with E-state index in [0.29, 0.717) is 10.0 Å². The molecule has 6 heteroatoms. The molecule has 0 aliphatic rings. The van der Waals surface area contributed by atoms with E-state index in [1.165, 1.54) is 0 Å². The molecule has 0 saturated heterocycles. The molecule has 1 rings (SSSR count). The van der Waals surface area contributed by atoms with E-state index < -0.39 is 16.8 Å². The van der Waals surface area contributed by atoms with Crippen LogP contribution < -0.4 is 0 Å². The van der Waals surface area contributed by atoms with Crippen LogP contribution in [-0.4, -0.2) is 21.0 Å². The van der Waals surface area contributed by atoms with E-state index >= 15 is 0 Å². The lowest BCUT2D eigenvalue weighted by Gasteiger charge is -2.04. The zero-order valence-electron chi connectivity index (χ0n) is 8.28. The van der Waals surface area contributed by atoms with Gasteiger partial charge in [-0.3, -0.25) is 9.00 Å². The zero-order valence-corrected chi connectivity index (χ0v) is 10.6. The van der Waals surface area contributed by atoms with E-state index in [2.05, 4.69) is 0 Å². The van der Waals surface area contributed by atoms with Crippen LogP contribution in [0.25, 0.3) is 0 Å². The van der Waals surface area contributed by atoms with Crippen molar-refractivity contribution in [3.8, 4) is 0 Å². The highest BCUT2D eigenvalue weighted by Crippen LogP contribution is 2.22. The van der Waals surface area contributed by atoms with Crippen LogP contribution in [-0.2, 0) is 21.3 Å². The van der Waals surface area contributed by atoms with Crippen LogP contribution in [0.1, 0.15) is 12.0 Å². The Morgan fingerprint density at radius 2 is 2.06 bits per heavy atom. The molecular weight excluding hydrogens is 271 g/mol. The normalized spacial score (nSPS) is 12.4. The lowest BCUT2D eigenvalue weighted by molar-refractivity contribution is -0.136. The summed E-state index contributed by atoms with van der Waals surface area (Å²) in [5.41, 5.74) is 0.717. The molecule has 88 valence electrons. The van der Waals surface area contributed by atoms with Crippen LogP contribution in [0.5, 0.6) is 0 Å². The highest BCUT2D eigenvalue weighted by molar-refractivity contribution is 7.84. The Kier molecular flexibility index (Phi) is 5.25. The number of carboxylic acids is 1. The molecule has 0 aliphatic heterocycles. The van der Waals surface area contributed by atoms with Gasteiger partial charge in [-0.2, -0.15) is 0 Å². The third kappa shape index (κ3) is 4.51. The molecule has 1 N–H and O–H groups in total. The van der Waals surface area contributed by atoms with Crippen molar-refractivity contribution in [2.75, 3.05) is 5.75 Å². The van der Waals surface area contributed by atoms with Crippen LogP contribution in [0.2, 0.25) is 10.0 Å². The van der Waals surface area contributed by atoms with Crippen molar-refractivity contribution in [3.63, 3.8) is 0 Å². The van der Waals surface area contributed by atoms with Gasteiger partial charge in [-0.15, -0.1) is 0 Å². The number of aliphatic carboxylic acids is 1. The molecule has 0 amide bonds. The van der Waals surface area contributed by atoms with E-state index in [0.717, 1.165) is 5.56 Å². The van der Waals surface area contributed by atoms with Gasteiger partial charge in [0.15, 0.2) is 0 Å². The van der Waals surface area contributed by atoms with Gasteiger partial charge in [0.25, 0.3) is 0 Å². The monoisotopic (exact) mass is 280 g/mol. The van der Waals surface area contributed by atoms with Crippen LogP contribution in [0.4, 0.5) is 0 Å². The minimum Gasteiger partial charge on any atom is -0.481 e. The Hall–Kier alpha value is -0.580. The van der Waals surface area contributed by atoms with Crippen LogP contribution in [0, 0.1) is 0 Å². The van der Waals surface area contributed by atoms with E-state index in [-0.39, 0.29) is 17.9 Å². The predicted octanol–water partition coefficient (Wildman–Crippen LogP) is 2.72. The first-order chi connectivity index (χ1) is 7.49. The van der Waals surface area contributed by atoms with E-state index in [1.807, 2.05) is 0 Å². The first kappa shape index (κ1) is 13.5. The van der Waals surface area contributed by atoms with Gasteiger partial charge in [0.1, 0.15) is 0 Å². The molecule has 0 aliphatic carbocycles. The van der Waals surface area contributed by atoms with Gasteiger partial charge >= 0.3 is 5.97 Å². The Morgan fingerprint density at radius 1 is 1.38 bits per heavy atom. The van der Waals surface area contributed by atoms with E-state index in [4.69, 9.17) is 28.3 Å². The van der Waals surface area contributed by atoms with E-state index in [9.17, 15) is 9.00 Å². The molecule has 0 saturated carbocycles. The fourth-order valence-electron chi connectivity index (χ4n) is 1.09. The fraction of sp³-hybridized carbons (Fsp3) is 0.300. The van der Waals surface area contributed by atoms with Crippen molar-refractivity contribution in [2.24, 2.45) is 0 Å². The van der Waals surface area contributed by atoms with Crippen molar-refractivity contribution < 1.29 is 14.1 Å². The maximum Gasteiger partial charge on any atom is 0.304 e. The molecule has 0 fully saturated rings. The molecule has 0 bridgehead atoms. The molecule has 1 aromatic carbocycles. The summed E-state index contributed by atoms with van der Waals surface area (Å²) in [6, 6.07) is 4.94. The molecule has 3 nitrogen and oxygen atoms in total. The summed E-state index contributed by atoms with van der Waals surface area (Å²) in [4.78, 5) is 10.3. The topological polar surface area (TPSA) is 54.4 Å². The van der Waals surface area contributed by atoms with Gasteiger partial charge in [0, 0.05) is 26.6 Å². The summed E-state index contributed by atoms with van der Waals surface area (Å²) < 4.78 is 11.5. The van der Waals surface area contributed by atoms with Crippen molar-refractivity contribution in [2.45, 2.75) is 12.2 Å². The summed E-state index contributed by atoms with van der Waals surface area (Å²) in [5, 5.41) is 9.41. The molecule has 16 heavy (non-hydrogen) atoms. The van der Waals surface area contributed by atoms with Crippen molar-refractivity contribution >= 4 is 40.0 Å². The standard InChI is InChI=1S/C10H10Cl2O3S/c11-8-2-1-7(9(12)5-8)6-16(15)4-3-10(13)14/h1-2,5H,3-4,6H2,(H,13,14). The Morgan fingerprint density at radius 3 is 2.62 bits per heavy atom. The molecule has 1 aromatic rings. The Balaban J connectivity index is 2.59. The number of carboxylic acid groups (broad SMARTS) is 1. The summed E-state index contributed by atoms with van der Waals surface area (Å²) >= 11 is 11.6. The van der Waals surface area contributed by atoms with Gasteiger partial charge in [-0.05, 0) is 17.7 Å². The lowest BCUT2D eigenvalue weighted by Crippen LogP contribution is -2.06. The van der Waals surface area contributed by atoms with Crippen LogP contribution in [0.3, 0.4) is 0 Å². The number of halogens is 2. The third-order valence-electron chi connectivity index (χ3n) is 1.88. The SMILES string of the molecule is O=C(O)CCS(=O)Cc1ccc(Cl)cc1Cl. The van der Waals surface area contributed by atoms with E-state index in [1.54, 1.807) is 18.2 Å². The summed E-state index contributed by atoms with van der Waals surface area (Å²) in [7, 11) is -1.22. The fourth-order valence-corrected chi connectivity index (χ4v) is 2.79. The smallest absolute Gasteiger partial charge is 0.304 e. The van der Waals surface area contributed by atoms with Gasteiger partial charge in [0.2, 0.25) is 0 Å². The minimum atomic E-state index is -1.22. The first-order valence-electron chi connectivity index (χ1n) is 4.49. The second-order valence-electron chi connectivity index (χ2n) is 3.17. The average molecular weight is 281 g/mol. The predicted molar refractivity (Wildman–Crippen MR) is 65.4 cm³/mol. The Labute approximate surface area is 106 Å². The van der Waals surface area contributed by atoms with Crippen LogP contribution in [0.15, 0.2) is 18.2 Å². The Bertz CT molecular complexity index is 421. The molecule has 0 heterocycles. The van der Waals surface area contributed by atoms with Gasteiger partial charge < -0.3 is 5.11 Å². The molecule has 0 aromatic heterocycles. The molecule has 0 radical (unpaired) electrons. The second kappa shape index (κ2) is 6.23. The molecular formula is C10H10Cl2O3S. The summed E-state index contributed by atoms with van der Waals surface area (Å²) in [5.74, 6) is -0.562. The number of carbonyl (C=O) groups is 1. The number of hydrogen-bond donors (Lipinski definition) is 1. The van der Waals surface area contributed by atoms with Crippen molar-refractivity contribution in [3.05, 3.63) is 33.8 Å². The highest BCUT2D eigenvalue weighted by atomic mass is 35.5. The zero-order chi connectivity index (χ0) is 12.1. The van der Waals surface area contributed by atoms with Crippen molar-refractivity contribution in [1.29, 1.82) is 0 Å². The number of hydrogen-bond acceptors (Lipinski definition) is 2. The summed E-state index contributed by atoms with van der Waals surface area (Å²) in [6.07, 6.45) is -0.0994. The maximum absolute atomic E-state index is 11.5. The largest absolute Gasteiger partial charge is 0.481 e. The quantitative estimate of drug-likeness (QED) is 0.902. The van der Waals surface area contributed by atoms with Gasteiger partial charge in [0.05, 0.1) is 12.2 Å². The number of rotatable bonds is 5. The highest BCUT2D eigenvalue weighted by Gasteiger charge is 2.08. The van der Waals surface area contributed by atoms with Crippen molar-refractivity contribution in [1.82, 2.24) is 0 Å². The van der Waals surface area contributed by atoms with Gasteiger partial charge in [-0.1, -0.05) is 29.3 Å². The average Bonchev–Trinajstić information content (AvgIpc) is 2.19. The first-order valence-corrected chi connectivity index (χ1v) is 6.74. The molecule has 1 unspecified atom stereocenters. The van der Waals surface area contributed by atoms with Gasteiger partial charge in [-0.25, -0.2) is 0 Å².